The van der Waals surface area contributed by atoms with Crippen LogP contribution in [0.4, 0.5) is 4.39 Å². The molecular weight excluding hydrogens is 353 g/mol. The van der Waals surface area contributed by atoms with Crippen molar-refractivity contribution >= 4 is 11.8 Å². The van der Waals surface area contributed by atoms with Gasteiger partial charge in [0, 0.05) is 18.7 Å². The van der Waals surface area contributed by atoms with E-state index in [2.05, 4.69) is 25.6 Å². The molecule has 0 saturated carbocycles. The number of amides is 2. The minimum Gasteiger partial charge on any atom is -0.348 e. The Hall–Kier alpha value is -2.91. The first-order chi connectivity index (χ1) is 12.8. The van der Waals surface area contributed by atoms with Crippen LogP contribution in [0.3, 0.4) is 0 Å². The van der Waals surface area contributed by atoms with Gasteiger partial charge in [-0.15, -0.1) is 5.10 Å². The van der Waals surface area contributed by atoms with Crippen molar-refractivity contribution in [2.24, 2.45) is 0 Å². The highest BCUT2D eigenvalue weighted by Gasteiger charge is 2.36. The first kappa shape index (κ1) is 18.9. The van der Waals surface area contributed by atoms with E-state index in [1.807, 2.05) is 13.8 Å². The van der Waals surface area contributed by atoms with Crippen molar-refractivity contribution in [3.8, 4) is 0 Å². The first-order valence-corrected chi connectivity index (χ1v) is 8.78. The third-order valence-electron chi connectivity index (χ3n) is 4.21. The second kappa shape index (κ2) is 7.77. The van der Waals surface area contributed by atoms with Crippen molar-refractivity contribution in [2.75, 3.05) is 6.54 Å². The number of aryl methyl sites for hydroxylation is 1. The van der Waals surface area contributed by atoms with Gasteiger partial charge in [0.1, 0.15) is 11.9 Å². The fraction of sp³-hybridized carbons (Fsp3) is 0.529. The molecule has 1 N–H and O–H groups in total. The quantitative estimate of drug-likeness (QED) is 0.827. The Bertz CT molecular complexity index is 821. The van der Waals surface area contributed by atoms with E-state index in [0.717, 1.165) is 0 Å². The molecule has 0 bridgehead atoms. The van der Waals surface area contributed by atoms with Crippen molar-refractivity contribution < 1.29 is 14.0 Å². The summed E-state index contributed by atoms with van der Waals surface area (Å²) in [6.45, 7) is 5.70. The van der Waals surface area contributed by atoms with E-state index < -0.39 is 12.2 Å². The Morgan fingerprint density at radius 3 is 2.74 bits per heavy atom. The zero-order valence-electron chi connectivity index (χ0n) is 15.5. The van der Waals surface area contributed by atoms with Crippen LogP contribution in [0.25, 0.3) is 0 Å². The lowest BCUT2D eigenvalue weighted by atomic mass is 10.2. The molecule has 2 aromatic rings. The van der Waals surface area contributed by atoms with E-state index >= 15 is 0 Å². The van der Waals surface area contributed by atoms with Gasteiger partial charge in [-0.2, -0.15) is 0 Å². The highest BCUT2D eigenvalue weighted by atomic mass is 19.1. The predicted octanol–water partition coefficient (Wildman–Crippen LogP) is 0.768. The van der Waals surface area contributed by atoms with Gasteiger partial charge in [-0.1, -0.05) is 5.21 Å². The Balaban J connectivity index is 1.71. The average Bonchev–Trinajstić information content (AvgIpc) is 3.21. The molecule has 2 amide bonds. The molecule has 10 heteroatoms. The van der Waals surface area contributed by atoms with Crippen LogP contribution in [0.15, 0.2) is 18.6 Å². The van der Waals surface area contributed by atoms with Gasteiger partial charge in [-0.05, 0) is 20.8 Å². The molecule has 0 spiro atoms. The maximum Gasteiger partial charge on any atom is 0.274 e. The van der Waals surface area contributed by atoms with Gasteiger partial charge in [0.15, 0.2) is 5.69 Å². The average molecular weight is 375 g/mol. The number of carbonyl (C=O) groups excluding carboxylic acids is 2. The maximum absolute atomic E-state index is 14.0. The molecule has 1 aliphatic rings. The number of aromatic nitrogens is 5. The highest BCUT2D eigenvalue weighted by Crippen LogP contribution is 2.23. The van der Waals surface area contributed by atoms with Crippen LogP contribution in [-0.4, -0.2) is 66.5 Å². The van der Waals surface area contributed by atoms with Gasteiger partial charge in [0.25, 0.3) is 11.8 Å². The monoisotopic (exact) mass is 375 g/mol. The molecule has 0 radical (unpaired) electrons. The molecule has 0 aliphatic carbocycles. The lowest BCUT2D eigenvalue weighted by molar-refractivity contribution is 0.0707. The smallest absolute Gasteiger partial charge is 0.274 e. The number of hydrogen-bond acceptors (Lipinski definition) is 6. The summed E-state index contributed by atoms with van der Waals surface area (Å²) in [5, 5.41) is 10.5. The SMILES string of the molecule is Cc1cnc(C(=O)N2C[C@@H](F)C[C@H]2Cn2cc(C(=O)NC(C)C)nn2)cn1. The Labute approximate surface area is 156 Å². The molecule has 9 nitrogen and oxygen atoms in total. The first-order valence-electron chi connectivity index (χ1n) is 8.78. The zero-order chi connectivity index (χ0) is 19.6. The molecule has 0 unspecified atom stereocenters. The van der Waals surface area contributed by atoms with Crippen molar-refractivity contribution in [1.29, 1.82) is 0 Å². The Morgan fingerprint density at radius 1 is 1.30 bits per heavy atom. The normalized spacial score (nSPS) is 19.5. The van der Waals surface area contributed by atoms with Gasteiger partial charge in [0.05, 0.1) is 37.2 Å². The summed E-state index contributed by atoms with van der Waals surface area (Å²) in [7, 11) is 0. The zero-order valence-corrected chi connectivity index (χ0v) is 15.5. The number of rotatable bonds is 5. The number of carbonyl (C=O) groups is 2. The summed E-state index contributed by atoms with van der Waals surface area (Å²) in [4.78, 5) is 34.3. The molecular formula is C17H22FN7O2. The topological polar surface area (TPSA) is 106 Å². The molecule has 2 aromatic heterocycles. The fourth-order valence-corrected chi connectivity index (χ4v) is 2.98. The minimum atomic E-state index is -1.12. The maximum atomic E-state index is 14.0. The summed E-state index contributed by atoms with van der Waals surface area (Å²) in [5.41, 5.74) is 1.05. The molecule has 3 heterocycles. The van der Waals surface area contributed by atoms with E-state index in [9.17, 15) is 14.0 Å². The molecule has 0 aromatic carbocycles. The van der Waals surface area contributed by atoms with E-state index in [4.69, 9.17) is 0 Å². The van der Waals surface area contributed by atoms with Gasteiger partial charge in [-0.25, -0.2) is 14.1 Å². The summed E-state index contributed by atoms with van der Waals surface area (Å²) < 4.78 is 15.5. The molecule has 27 heavy (non-hydrogen) atoms. The second-order valence-electron chi connectivity index (χ2n) is 6.94. The number of nitrogens with one attached hydrogen (secondary N) is 1. The molecule has 144 valence electrons. The van der Waals surface area contributed by atoms with Crippen LogP contribution in [0.5, 0.6) is 0 Å². The van der Waals surface area contributed by atoms with Gasteiger partial charge in [0.2, 0.25) is 0 Å². The number of likely N-dealkylation sites (tertiary alicyclic amines) is 1. The van der Waals surface area contributed by atoms with E-state index in [1.54, 1.807) is 6.92 Å². The summed E-state index contributed by atoms with van der Waals surface area (Å²) in [5.74, 6) is -0.695. The van der Waals surface area contributed by atoms with Crippen LogP contribution >= 0.6 is 0 Å². The fourth-order valence-electron chi connectivity index (χ4n) is 2.98. The Kier molecular flexibility index (Phi) is 5.43. The number of hydrogen-bond donors (Lipinski definition) is 1. The van der Waals surface area contributed by atoms with E-state index in [0.29, 0.717) is 5.69 Å². The molecule has 2 atom stereocenters. The largest absolute Gasteiger partial charge is 0.348 e. The van der Waals surface area contributed by atoms with Crippen molar-refractivity contribution in [1.82, 2.24) is 35.2 Å². The van der Waals surface area contributed by atoms with Gasteiger partial charge in [-0.3, -0.25) is 14.6 Å². The van der Waals surface area contributed by atoms with Crippen LogP contribution in [0.1, 0.15) is 46.9 Å². The second-order valence-corrected chi connectivity index (χ2v) is 6.94. The summed E-state index contributed by atoms with van der Waals surface area (Å²) in [6, 6.07) is -0.424. The van der Waals surface area contributed by atoms with Crippen LogP contribution in [-0.2, 0) is 6.54 Å². The van der Waals surface area contributed by atoms with Gasteiger partial charge >= 0.3 is 0 Å². The van der Waals surface area contributed by atoms with Crippen molar-refractivity contribution in [3.63, 3.8) is 0 Å². The third kappa shape index (κ3) is 4.44. The summed E-state index contributed by atoms with van der Waals surface area (Å²) >= 11 is 0. The Morgan fingerprint density at radius 2 is 2.07 bits per heavy atom. The lowest BCUT2D eigenvalue weighted by Crippen LogP contribution is -2.39. The van der Waals surface area contributed by atoms with Crippen molar-refractivity contribution in [3.05, 3.63) is 35.7 Å². The molecule has 1 aliphatic heterocycles. The van der Waals surface area contributed by atoms with E-state index in [-0.39, 0.29) is 48.8 Å². The number of alkyl halides is 1. The van der Waals surface area contributed by atoms with Crippen LogP contribution < -0.4 is 5.32 Å². The highest BCUT2D eigenvalue weighted by molar-refractivity contribution is 5.92. The number of halogens is 1. The molecule has 1 fully saturated rings. The van der Waals surface area contributed by atoms with E-state index in [1.165, 1.54) is 28.2 Å². The third-order valence-corrected chi connectivity index (χ3v) is 4.21. The van der Waals surface area contributed by atoms with Crippen LogP contribution in [0, 0.1) is 6.92 Å². The molecule has 1 saturated heterocycles. The van der Waals surface area contributed by atoms with Crippen molar-refractivity contribution in [2.45, 2.75) is 52.0 Å². The minimum absolute atomic E-state index is 0.00551. The lowest BCUT2D eigenvalue weighted by Gasteiger charge is -2.23. The predicted molar refractivity (Wildman–Crippen MR) is 93.7 cm³/mol. The standard InChI is InChI=1S/C17H22FN7O2/c1-10(2)21-16(26)15-9-24(23-22-15)8-13-4-12(18)7-25(13)17(27)14-6-19-11(3)5-20-14/h5-6,9-10,12-13H,4,7-8H2,1-3H3,(H,21,26)/t12-,13-/m0/s1. The van der Waals surface area contributed by atoms with Crippen LogP contribution in [0.2, 0.25) is 0 Å². The molecule has 3 rings (SSSR count). The number of nitrogens with zero attached hydrogens (tertiary/aromatic N) is 6. The van der Waals surface area contributed by atoms with Gasteiger partial charge < -0.3 is 10.2 Å². The summed E-state index contributed by atoms with van der Waals surface area (Å²) in [6.07, 6.45) is 3.46.